The van der Waals surface area contributed by atoms with Gasteiger partial charge in [0.15, 0.2) is 0 Å². The molecule has 0 aromatic rings. The third-order valence-corrected chi connectivity index (χ3v) is 4.78. The predicted molar refractivity (Wildman–Crippen MR) is 78.8 cm³/mol. The Kier molecular flexibility index (Phi) is 6.30. The summed E-state index contributed by atoms with van der Waals surface area (Å²) in [6.45, 7) is 5.39. The molecule has 0 spiro atoms. The molecule has 0 aromatic heterocycles. The fourth-order valence-electron chi connectivity index (χ4n) is 3.71. The van der Waals surface area contributed by atoms with Gasteiger partial charge >= 0.3 is 5.97 Å². The van der Waals surface area contributed by atoms with E-state index in [4.69, 9.17) is 9.84 Å². The van der Waals surface area contributed by atoms with Crippen LogP contribution in [0.15, 0.2) is 0 Å². The molecule has 4 nitrogen and oxygen atoms in total. The molecule has 2 saturated heterocycles. The Morgan fingerprint density at radius 2 is 2.20 bits per heavy atom. The summed E-state index contributed by atoms with van der Waals surface area (Å²) >= 11 is 0. The third-order valence-electron chi connectivity index (χ3n) is 4.78. The smallest absolute Gasteiger partial charge is 0.303 e. The lowest BCUT2D eigenvalue weighted by molar-refractivity contribution is -0.137. The largest absolute Gasteiger partial charge is 0.481 e. The minimum Gasteiger partial charge on any atom is -0.481 e. The Morgan fingerprint density at radius 3 is 2.95 bits per heavy atom. The van der Waals surface area contributed by atoms with Crippen molar-refractivity contribution in [1.29, 1.82) is 0 Å². The van der Waals surface area contributed by atoms with Gasteiger partial charge in [-0.05, 0) is 51.0 Å². The van der Waals surface area contributed by atoms with E-state index >= 15 is 0 Å². The van der Waals surface area contributed by atoms with Crippen molar-refractivity contribution in [3.63, 3.8) is 0 Å². The monoisotopic (exact) mass is 283 g/mol. The number of likely N-dealkylation sites (tertiary alicyclic amines) is 1. The lowest BCUT2D eigenvalue weighted by Crippen LogP contribution is -2.47. The maximum atomic E-state index is 10.7. The highest BCUT2D eigenvalue weighted by atomic mass is 16.5. The van der Waals surface area contributed by atoms with Gasteiger partial charge in [-0.15, -0.1) is 0 Å². The van der Waals surface area contributed by atoms with Crippen LogP contribution in [0.3, 0.4) is 0 Å². The van der Waals surface area contributed by atoms with E-state index in [2.05, 4.69) is 11.8 Å². The molecular formula is C16H29NO3. The highest BCUT2D eigenvalue weighted by Gasteiger charge is 2.30. The van der Waals surface area contributed by atoms with Crippen molar-refractivity contribution in [3.8, 4) is 0 Å². The minimum absolute atomic E-state index is 0.324. The van der Waals surface area contributed by atoms with Crippen LogP contribution >= 0.6 is 0 Å². The fourth-order valence-corrected chi connectivity index (χ4v) is 3.71. The van der Waals surface area contributed by atoms with E-state index in [9.17, 15) is 4.79 Å². The fraction of sp³-hybridized carbons (Fsp3) is 0.938. The first-order valence-electron chi connectivity index (χ1n) is 8.26. The molecule has 2 aliphatic rings. The molecular weight excluding hydrogens is 254 g/mol. The Labute approximate surface area is 122 Å². The molecule has 0 radical (unpaired) electrons. The van der Waals surface area contributed by atoms with Crippen molar-refractivity contribution in [3.05, 3.63) is 0 Å². The lowest BCUT2D eigenvalue weighted by Gasteiger charge is -2.42. The van der Waals surface area contributed by atoms with Gasteiger partial charge in [0.05, 0.1) is 6.10 Å². The van der Waals surface area contributed by atoms with E-state index in [0.29, 0.717) is 24.5 Å². The number of carbonyl (C=O) groups is 1. The molecule has 3 atom stereocenters. The molecule has 4 heteroatoms. The zero-order chi connectivity index (χ0) is 14.4. The number of carboxylic acid groups (broad SMARTS) is 1. The average Bonchev–Trinajstić information content (AvgIpc) is 2.46. The van der Waals surface area contributed by atoms with Gasteiger partial charge in [-0.3, -0.25) is 9.69 Å². The first-order chi connectivity index (χ1) is 9.69. The average molecular weight is 283 g/mol. The molecule has 1 N–H and O–H groups in total. The van der Waals surface area contributed by atoms with Gasteiger partial charge in [-0.2, -0.15) is 0 Å². The number of piperidine rings is 1. The molecule has 0 amide bonds. The van der Waals surface area contributed by atoms with Gasteiger partial charge in [-0.1, -0.05) is 13.3 Å². The summed E-state index contributed by atoms with van der Waals surface area (Å²) in [6.07, 6.45) is 8.71. The van der Waals surface area contributed by atoms with Crippen LogP contribution in [0.2, 0.25) is 0 Å². The summed E-state index contributed by atoms with van der Waals surface area (Å²) in [5.41, 5.74) is 0. The predicted octanol–water partition coefficient (Wildman–Crippen LogP) is 2.91. The zero-order valence-electron chi connectivity index (χ0n) is 12.7. The first kappa shape index (κ1) is 15.8. The Morgan fingerprint density at radius 1 is 1.35 bits per heavy atom. The van der Waals surface area contributed by atoms with Gasteiger partial charge in [0.1, 0.15) is 0 Å². The molecule has 2 rings (SSSR count). The van der Waals surface area contributed by atoms with E-state index in [-0.39, 0.29) is 0 Å². The zero-order valence-corrected chi connectivity index (χ0v) is 12.7. The number of ether oxygens (including phenoxy) is 1. The van der Waals surface area contributed by atoms with Crippen LogP contribution in [0.25, 0.3) is 0 Å². The maximum absolute atomic E-state index is 10.7. The topological polar surface area (TPSA) is 49.8 Å². The van der Waals surface area contributed by atoms with Crippen LogP contribution < -0.4 is 0 Å². The van der Waals surface area contributed by atoms with E-state index in [0.717, 1.165) is 26.0 Å². The van der Waals surface area contributed by atoms with Crippen molar-refractivity contribution in [2.75, 3.05) is 19.7 Å². The van der Waals surface area contributed by atoms with Crippen LogP contribution in [0.5, 0.6) is 0 Å². The Hall–Kier alpha value is -0.610. The van der Waals surface area contributed by atoms with Crippen LogP contribution in [0, 0.1) is 5.92 Å². The van der Waals surface area contributed by atoms with Crippen molar-refractivity contribution in [2.45, 2.75) is 70.4 Å². The van der Waals surface area contributed by atoms with Crippen LogP contribution in [0.1, 0.15) is 58.3 Å². The molecule has 2 aliphatic heterocycles. The van der Waals surface area contributed by atoms with Gasteiger partial charge in [-0.25, -0.2) is 0 Å². The second-order valence-corrected chi connectivity index (χ2v) is 6.40. The van der Waals surface area contributed by atoms with Gasteiger partial charge in [0.25, 0.3) is 0 Å². The number of aliphatic carboxylic acids is 1. The molecule has 20 heavy (non-hydrogen) atoms. The van der Waals surface area contributed by atoms with E-state index in [1.165, 1.54) is 38.6 Å². The molecule has 0 aliphatic carbocycles. The molecule has 3 unspecified atom stereocenters. The van der Waals surface area contributed by atoms with Crippen molar-refractivity contribution in [2.24, 2.45) is 5.92 Å². The second kappa shape index (κ2) is 7.99. The van der Waals surface area contributed by atoms with Crippen molar-refractivity contribution in [1.82, 2.24) is 4.90 Å². The number of nitrogens with zero attached hydrogens (tertiary/aromatic N) is 1. The summed E-state index contributed by atoms with van der Waals surface area (Å²) in [5, 5.41) is 8.82. The van der Waals surface area contributed by atoms with Gasteiger partial charge in [0.2, 0.25) is 0 Å². The lowest BCUT2D eigenvalue weighted by atomic mass is 9.90. The summed E-state index contributed by atoms with van der Waals surface area (Å²) in [6, 6.07) is 0.660. The Balaban J connectivity index is 1.80. The highest BCUT2D eigenvalue weighted by Crippen LogP contribution is 2.28. The molecule has 0 saturated carbocycles. The molecule has 0 aromatic carbocycles. The SMILES string of the molecule is CCCC1CC(N2CCCC(CCC(=O)O)C2)CCO1. The summed E-state index contributed by atoms with van der Waals surface area (Å²) in [7, 11) is 0. The molecule has 2 heterocycles. The van der Waals surface area contributed by atoms with Crippen LogP contribution in [-0.4, -0.2) is 47.8 Å². The molecule has 0 bridgehead atoms. The van der Waals surface area contributed by atoms with Gasteiger partial charge in [0, 0.05) is 25.6 Å². The second-order valence-electron chi connectivity index (χ2n) is 6.40. The quantitative estimate of drug-likeness (QED) is 0.814. The summed E-state index contributed by atoms with van der Waals surface area (Å²) in [5.74, 6) is -0.0801. The van der Waals surface area contributed by atoms with E-state index in [1.54, 1.807) is 0 Å². The molecule has 116 valence electrons. The van der Waals surface area contributed by atoms with E-state index in [1.807, 2.05) is 0 Å². The van der Waals surface area contributed by atoms with Gasteiger partial charge < -0.3 is 9.84 Å². The number of rotatable bonds is 6. The normalized spacial score (nSPS) is 32.1. The third kappa shape index (κ3) is 4.74. The van der Waals surface area contributed by atoms with Crippen molar-refractivity contribution < 1.29 is 14.6 Å². The minimum atomic E-state index is -0.656. The maximum Gasteiger partial charge on any atom is 0.303 e. The molecule has 2 fully saturated rings. The first-order valence-corrected chi connectivity index (χ1v) is 8.26. The van der Waals surface area contributed by atoms with E-state index < -0.39 is 5.97 Å². The highest BCUT2D eigenvalue weighted by molar-refractivity contribution is 5.66. The number of carboxylic acids is 1. The van der Waals surface area contributed by atoms with Crippen LogP contribution in [-0.2, 0) is 9.53 Å². The number of hydrogen-bond donors (Lipinski definition) is 1. The van der Waals surface area contributed by atoms with Crippen molar-refractivity contribution >= 4 is 5.97 Å². The van der Waals surface area contributed by atoms with Crippen LogP contribution in [0.4, 0.5) is 0 Å². The Bertz CT molecular complexity index is 306. The standard InChI is InChI=1S/C16H29NO3/c1-2-4-15-11-14(8-10-20-15)17-9-3-5-13(12-17)6-7-16(18)19/h13-15H,2-12H2,1H3,(H,18,19). The number of hydrogen-bond acceptors (Lipinski definition) is 3. The summed E-state index contributed by atoms with van der Waals surface area (Å²) < 4.78 is 5.84. The summed E-state index contributed by atoms with van der Waals surface area (Å²) in [4.78, 5) is 13.3.